The third-order valence-corrected chi connectivity index (χ3v) is 6.77. The average Bonchev–Trinajstić information content (AvgIpc) is 3.23. The van der Waals surface area contributed by atoms with Crippen LogP contribution in [0.3, 0.4) is 0 Å². The van der Waals surface area contributed by atoms with Crippen LogP contribution in [0.1, 0.15) is 80.1 Å². The van der Waals surface area contributed by atoms with Crippen molar-refractivity contribution in [3.63, 3.8) is 0 Å². The van der Waals surface area contributed by atoms with E-state index in [-0.39, 0.29) is 24.2 Å². The van der Waals surface area contributed by atoms with E-state index in [9.17, 15) is 24.3 Å². The Morgan fingerprint density at radius 1 is 1.15 bits per heavy atom. The van der Waals surface area contributed by atoms with E-state index in [2.05, 4.69) is 12.2 Å². The molecule has 1 heterocycles. The molecule has 196 valence electrons. The molecule has 1 aliphatic rings. The molecule has 10 heteroatoms. The number of carboxylic acids is 1. The van der Waals surface area contributed by atoms with Crippen LogP contribution in [0.5, 0.6) is 0 Å². The molecule has 1 saturated heterocycles. The molecule has 1 rings (SSSR count). The summed E-state index contributed by atoms with van der Waals surface area (Å²) in [6.07, 6.45) is 4.55. The number of amides is 1. The number of carboxylic acid groups (broad SMARTS) is 1. The second-order valence-electron chi connectivity index (χ2n) is 9.57. The molecule has 0 unspecified atom stereocenters. The predicted octanol–water partition coefficient (Wildman–Crippen LogP) is 3.00. The van der Waals surface area contributed by atoms with Gasteiger partial charge in [0.05, 0.1) is 12.6 Å². The maximum Gasteiger partial charge on any atom is 0.326 e. The van der Waals surface area contributed by atoms with Crippen LogP contribution in [-0.2, 0) is 28.7 Å². The van der Waals surface area contributed by atoms with Gasteiger partial charge in [0.25, 0.3) is 0 Å². The summed E-state index contributed by atoms with van der Waals surface area (Å²) in [4.78, 5) is 51.1. The lowest BCUT2D eigenvalue weighted by molar-refractivity contribution is -0.154. The largest absolute Gasteiger partial charge is 0.480 e. The molecule has 1 fully saturated rings. The number of carbonyl (C=O) groups excluding carboxylic acids is 3. The number of hydrogen-bond donors (Lipinski definition) is 2. The monoisotopic (exact) mass is 502 g/mol. The third-order valence-electron chi connectivity index (χ3n) is 5.42. The van der Waals surface area contributed by atoms with Gasteiger partial charge in [0.15, 0.2) is 0 Å². The van der Waals surface area contributed by atoms with E-state index in [1.54, 1.807) is 13.8 Å². The Kier molecular flexibility index (Phi) is 12.9. The number of thioether (sulfide) groups is 1. The highest BCUT2D eigenvalue weighted by Crippen LogP contribution is 2.24. The van der Waals surface area contributed by atoms with E-state index in [0.717, 1.165) is 19.3 Å². The van der Waals surface area contributed by atoms with E-state index in [4.69, 9.17) is 9.47 Å². The van der Waals surface area contributed by atoms with Crippen LogP contribution in [0, 0.1) is 0 Å². The van der Waals surface area contributed by atoms with Gasteiger partial charge in [-0.1, -0.05) is 26.2 Å². The molecular formula is C24H42N2O7S. The van der Waals surface area contributed by atoms with Gasteiger partial charge in [0.1, 0.15) is 22.9 Å². The van der Waals surface area contributed by atoms with Gasteiger partial charge >= 0.3 is 17.9 Å². The molecule has 2 N–H and O–H groups in total. The standard InChI is InChI=1S/C24H42N2O7S/c1-7-9-10-13-19(23(31)33-24(4,5)6)34-15-17(22(30)32-8-2)25-16(3)20(27)26-14-11-12-18(26)21(28)29/h16-19,25H,7-15H2,1-6H3,(H,28,29)/t16-,17+,18+,19-/m1/s1. The van der Waals surface area contributed by atoms with Crippen molar-refractivity contribution < 1.29 is 33.8 Å². The number of unbranched alkanes of at least 4 members (excludes halogenated alkanes) is 2. The predicted molar refractivity (Wildman–Crippen MR) is 132 cm³/mol. The molecule has 1 aliphatic heterocycles. The molecule has 0 aromatic rings. The highest BCUT2D eigenvalue weighted by atomic mass is 32.2. The first kappa shape index (κ1) is 30.2. The lowest BCUT2D eigenvalue weighted by Gasteiger charge is -2.28. The minimum atomic E-state index is -1.03. The van der Waals surface area contributed by atoms with Gasteiger partial charge in [-0.3, -0.25) is 19.7 Å². The molecule has 4 atom stereocenters. The Hall–Kier alpha value is -1.81. The molecule has 0 saturated carbocycles. The van der Waals surface area contributed by atoms with Crippen LogP contribution in [0.2, 0.25) is 0 Å². The topological polar surface area (TPSA) is 122 Å². The highest BCUT2D eigenvalue weighted by molar-refractivity contribution is 8.00. The number of esters is 2. The maximum atomic E-state index is 12.9. The quantitative estimate of drug-likeness (QED) is 0.273. The Labute approximate surface area is 207 Å². The second-order valence-corrected chi connectivity index (χ2v) is 10.8. The minimum Gasteiger partial charge on any atom is -0.480 e. The SMILES string of the molecule is CCCCC[C@@H](SC[C@H](N[C@H](C)C(=O)N1CCC[C@H]1C(=O)O)C(=O)OCC)C(=O)OC(C)(C)C. The Bertz CT molecular complexity index is 695. The van der Waals surface area contributed by atoms with Gasteiger partial charge < -0.3 is 19.5 Å². The number of likely N-dealkylation sites (tertiary alicyclic amines) is 1. The zero-order valence-corrected chi connectivity index (χ0v) is 22.2. The molecule has 34 heavy (non-hydrogen) atoms. The fourth-order valence-corrected chi connectivity index (χ4v) is 4.94. The highest BCUT2D eigenvalue weighted by Gasteiger charge is 2.37. The second kappa shape index (κ2) is 14.6. The van der Waals surface area contributed by atoms with Gasteiger partial charge in [0, 0.05) is 12.3 Å². The molecule has 0 aliphatic carbocycles. The number of nitrogens with one attached hydrogen (secondary N) is 1. The maximum absolute atomic E-state index is 12.9. The molecule has 1 amide bonds. The van der Waals surface area contributed by atoms with Crippen LogP contribution in [0.25, 0.3) is 0 Å². The Balaban J connectivity index is 2.89. The summed E-state index contributed by atoms with van der Waals surface area (Å²) in [5, 5.41) is 12.0. The number of aliphatic carboxylic acids is 1. The Morgan fingerprint density at radius 2 is 1.82 bits per heavy atom. The number of carbonyl (C=O) groups is 4. The first-order valence-electron chi connectivity index (χ1n) is 12.2. The lowest BCUT2D eigenvalue weighted by atomic mass is 10.1. The lowest BCUT2D eigenvalue weighted by Crippen LogP contribution is -2.54. The van der Waals surface area contributed by atoms with Crippen molar-refractivity contribution in [3.05, 3.63) is 0 Å². The van der Waals surface area contributed by atoms with Crippen molar-refractivity contribution in [1.29, 1.82) is 0 Å². The van der Waals surface area contributed by atoms with Crippen molar-refractivity contribution in [2.24, 2.45) is 0 Å². The molecule has 0 radical (unpaired) electrons. The summed E-state index contributed by atoms with van der Waals surface area (Å²) in [6.45, 7) is 11.4. The van der Waals surface area contributed by atoms with E-state index in [0.29, 0.717) is 25.8 Å². The Morgan fingerprint density at radius 3 is 2.38 bits per heavy atom. The van der Waals surface area contributed by atoms with Crippen LogP contribution in [0.15, 0.2) is 0 Å². The van der Waals surface area contributed by atoms with Crippen molar-refractivity contribution in [2.75, 3.05) is 18.9 Å². The average molecular weight is 503 g/mol. The minimum absolute atomic E-state index is 0.184. The summed E-state index contributed by atoms with van der Waals surface area (Å²) < 4.78 is 10.8. The van der Waals surface area contributed by atoms with Crippen LogP contribution < -0.4 is 5.32 Å². The summed E-state index contributed by atoms with van der Waals surface area (Å²) >= 11 is 1.32. The van der Waals surface area contributed by atoms with E-state index < -0.39 is 40.9 Å². The fourth-order valence-electron chi connectivity index (χ4n) is 3.76. The van der Waals surface area contributed by atoms with E-state index in [1.807, 2.05) is 20.8 Å². The molecule has 9 nitrogen and oxygen atoms in total. The van der Waals surface area contributed by atoms with Crippen molar-refractivity contribution in [2.45, 2.75) is 109 Å². The van der Waals surface area contributed by atoms with Gasteiger partial charge in [-0.2, -0.15) is 0 Å². The van der Waals surface area contributed by atoms with Crippen molar-refractivity contribution >= 4 is 35.6 Å². The summed E-state index contributed by atoms with van der Waals surface area (Å²) in [6, 6.07) is -2.46. The molecule has 0 aromatic carbocycles. The smallest absolute Gasteiger partial charge is 0.326 e. The number of hydrogen-bond acceptors (Lipinski definition) is 8. The molecule has 0 spiro atoms. The van der Waals surface area contributed by atoms with Gasteiger partial charge in [0.2, 0.25) is 5.91 Å². The zero-order valence-electron chi connectivity index (χ0n) is 21.4. The fraction of sp³-hybridized carbons (Fsp3) is 0.833. The molecule has 0 aromatic heterocycles. The van der Waals surface area contributed by atoms with Crippen molar-refractivity contribution in [3.8, 4) is 0 Å². The van der Waals surface area contributed by atoms with Crippen LogP contribution in [-0.4, -0.2) is 81.7 Å². The first-order valence-corrected chi connectivity index (χ1v) is 13.3. The number of ether oxygens (including phenoxy) is 2. The van der Waals surface area contributed by atoms with E-state index >= 15 is 0 Å². The summed E-state index contributed by atoms with van der Waals surface area (Å²) in [5.41, 5.74) is -0.614. The first-order chi connectivity index (χ1) is 15.9. The van der Waals surface area contributed by atoms with E-state index in [1.165, 1.54) is 16.7 Å². The number of nitrogens with zero attached hydrogens (tertiary/aromatic N) is 1. The van der Waals surface area contributed by atoms with Gasteiger partial charge in [-0.15, -0.1) is 11.8 Å². The summed E-state index contributed by atoms with van der Waals surface area (Å²) in [7, 11) is 0. The molecular weight excluding hydrogens is 460 g/mol. The zero-order chi connectivity index (χ0) is 25.9. The van der Waals surface area contributed by atoms with Crippen molar-refractivity contribution in [1.82, 2.24) is 10.2 Å². The summed E-state index contributed by atoms with van der Waals surface area (Å²) in [5.74, 6) is -2.00. The van der Waals surface area contributed by atoms with Gasteiger partial charge in [-0.25, -0.2) is 4.79 Å². The normalized spacial score (nSPS) is 18.8. The van der Waals surface area contributed by atoms with Crippen LogP contribution in [0.4, 0.5) is 0 Å². The third kappa shape index (κ3) is 10.2. The van der Waals surface area contributed by atoms with Gasteiger partial charge in [-0.05, 0) is 53.9 Å². The number of rotatable bonds is 14. The molecule has 0 bridgehead atoms. The van der Waals surface area contributed by atoms with Crippen LogP contribution >= 0.6 is 11.8 Å².